The molecule has 2 aromatic rings. The summed E-state index contributed by atoms with van der Waals surface area (Å²) in [4.78, 5) is 18.4. The molecule has 3 heterocycles. The Hall–Kier alpha value is -2.15. The lowest BCUT2D eigenvalue weighted by atomic mass is 9.99. The Morgan fingerprint density at radius 3 is 3.23 bits per heavy atom. The topological polar surface area (TPSA) is 76.2 Å². The molecule has 7 nitrogen and oxygen atoms in total. The molecule has 0 bridgehead atoms. The van der Waals surface area contributed by atoms with Crippen molar-refractivity contribution >= 4 is 11.7 Å². The van der Waals surface area contributed by atoms with Crippen molar-refractivity contribution in [1.29, 1.82) is 0 Å². The quantitative estimate of drug-likeness (QED) is 0.901. The van der Waals surface area contributed by atoms with Crippen LogP contribution in [-0.2, 0) is 17.8 Å². The molecular formula is C15H21N5O2. The third-order valence-electron chi connectivity index (χ3n) is 3.91. The van der Waals surface area contributed by atoms with Crippen LogP contribution < -0.4 is 5.32 Å². The first-order chi connectivity index (χ1) is 10.6. The second-order valence-corrected chi connectivity index (χ2v) is 5.97. The van der Waals surface area contributed by atoms with E-state index in [1.165, 1.54) is 0 Å². The summed E-state index contributed by atoms with van der Waals surface area (Å²) < 4.78 is 7.14. The predicted molar refractivity (Wildman–Crippen MR) is 81.4 cm³/mol. The third kappa shape index (κ3) is 3.54. The van der Waals surface area contributed by atoms with Gasteiger partial charge in [-0.3, -0.25) is 9.69 Å². The average Bonchev–Trinajstić information content (AvgIpc) is 3.06. The summed E-state index contributed by atoms with van der Waals surface area (Å²) in [5, 5.41) is 6.50. The van der Waals surface area contributed by atoms with E-state index in [1.54, 1.807) is 13.0 Å². The minimum Gasteiger partial charge on any atom is -0.360 e. The Balaban J connectivity index is 1.46. The van der Waals surface area contributed by atoms with Crippen LogP contribution in [0.4, 0.5) is 5.82 Å². The summed E-state index contributed by atoms with van der Waals surface area (Å²) in [5.41, 5.74) is 0. The van der Waals surface area contributed by atoms with Crippen LogP contribution >= 0.6 is 0 Å². The second-order valence-electron chi connectivity index (χ2n) is 5.97. The van der Waals surface area contributed by atoms with Gasteiger partial charge >= 0.3 is 0 Å². The van der Waals surface area contributed by atoms with Gasteiger partial charge in [0.2, 0.25) is 5.91 Å². The number of aryl methyl sites for hydroxylation is 2. The smallest absolute Gasteiger partial charge is 0.239 e. The lowest BCUT2D eigenvalue weighted by Crippen LogP contribution is -2.36. The molecule has 1 aliphatic heterocycles. The molecule has 3 rings (SSSR count). The molecule has 118 valence electrons. The van der Waals surface area contributed by atoms with E-state index >= 15 is 0 Å². The number of hydrogen-bond acceptors (Lipinski definition) is 5. The highest BCUT2D eigenvalue weighted by Crippen LogP contribution is 2.19. The number of likely N-dealkylation sites (N-methyl/N-ethyl adjacent to an activating group) is 1. The van der Waals surface area contributed by atoms with Crippen LogP contribution in [-0.4, -0.2) is 45.7 Å². The van der Waals surface area contributed by atoms with Gasteiger partial charge in [-0.05, 0) is 26.3 Å². The monoisotopic (exact) mass is 303 g/mol. The zero-order chi connectivity index (χ0) is 15.5. The van der Waals surface area contributed by atoms with Gasteiger partial charge in [-0.15, -0.1) is 0 Å². The molecule has 0 aliphatic carbocycles. The van der Waals surface area contributed by atoms with Crippen molar-refractivity contribution in [2.24, 2.45) is 5.92 Å². The minimum absolute atomic E-state index is 0.0741. The molecule has 22 heavy (non-hydrogen) atoms. The molecule has 0 fully saturated rings. The van der Waals surface area contributed by atoms with Crippen molar-refractivity contribution in [1.82, 2.24) is 19.6 Å². The van der Waals surface area contributed by atoms with Gasteiger partial charge in [0.05, 0.1) is 6.54 Å². The number of imidazole rings is 1. The van der Waals surface area contributed by atoms with Gasteiger partial charge in [-0.25, -0.2) is 4.98 Å². The number of hydrogen-bond donors (Lipinski definition) is 1. The minimum atomic E-state index is -0.0741. The molecule has 1 atom stereocenters. The number of carbonyl (C=O) groups excluding carboxylic acids is 1. The number of nitrogens with one attached hydrogen (secondary N) is 1. The zero-order valence-corrected chi connectivity index (χ0v) is 13.0. The van der Waals surface area contributed by atoms with Crippen molar-refractivity contribution in [2.75, 3.05) is 25.5 Å². The highest BCUT2D eigenvalue weighted by Gasteiger charge is 2.21. The molecule has 1 aliphatic rings. The van der Waals surface area contributed by atoms with E-state index in [4.69, 9.17) is 4.52 Å². The van der Waals surface area contributed by atoms with Gasteiger partial charge < -0.3 is 14.4 Å². The van der Waals surface area contributed by atoms with E-state index in [0.717, 1.165) is 31.8 Å². The molecule has 0 saturated carbocycles. The molecule has 0 aromatic carbocycles. The molecule has 7 heteroatoms. The molecule has 2 aromatic heterocycles. The van der Waals surface area contributed by atoms with Crippen molar-refractivity contribution in [3.8, 4) is 0 Å². The highest BCUT2D eigenvalue weighted by molar-refractivity contribution is 5.91. The lowest BCUT2D eigenvalue weighted by molar-refractivity contribution is -0.117. The Bertz CT molecular complexity index is 648. The fourth-order valence-electron chi connectivity index (χ4n) is 2.94. The van der Waals surface area contributed by atoms with Crippen LogP contribution in [0.5, 0.6) is 0 Å². The predicted octanol–water partition coefficient (Wildman–Crippen LogP) is 1.31. The summed E-state index contributed by atoms with van der Waals surface area (Å²) in [6.07, 6.45) is 6.01. The number of rotatable bonds is 5. The normalized spacial score (nSPS) is 17.5. The van der Waals surface area contributed by atoms with Crippen molar-refractivity contribution in [3.05, 3.63) is 30.0 Å². The molecule has 1 amide bonds. The van der Waals surface area contributed by atoms with Gasteiger partial charge in [0.25, 0.3) is 0 Å². The Labute approximate surface area is 129 Å². The van der Waals surface area contributed by atoms with E-state index in [1.807, 2.05) is 19.4 Å². The summed E-state index contributed by atoms with van der Waals surface area (Å²) in [6.45, 7) is 4.01. The molecule has 0 spiro atoms. The largest absolute Gasteiger partial charge is 0.360 e. The van der Waals surface area contributed by atoms with Crippen LogP contribution in [0.2, 0.25) is 0 Å². The van der Waals surface area contributed by atoms with Gasteiger partial charge in [0.1, 0.15) is 11.6 Å². The standard InChI is InChI=1S/C15H21N5O2/c1-11-7-13(18-22-11)17-15(21)10-19(2)8-12-3-4-14-16-5-6-20(14)9-12/h5-7,12H,3-4,8-10H2,1-2H3,(H,17,18,21). The number of anilines is 1. The van der Waals surface area contributed by atoms with Gasteiger partial charge in [0.15, 0.2) is 5.82 Å². The number of fused-ring (bicyclic) bond motifs is 1. The molecular weight excluding hydrogens is 282 g/mol. The maximum Gasteiger partial charge on any atom is 0.239 e. The first kappa shape index (κ1) is 14.8. The number of aromatic nitrogens is 3. The lowest BCUT2D eigenvalue weighted by Gasteiger charge is -2.27. The van der Waals surface area contributed by atoms with Crippen molar-refractivity contribution in [2.45, 2.75) is 26.3 Å². The Kier molecular flexibility index (Phi) is 4.24. The molecule has 0 saturated heterocycles. The molecule has 0 radical (unpaired) electrons. The Morgan fingerprint density at radius 1 is 1.59 bits per heavy atom. The van der Waals surface area contributed by atoms with E-state index in [9.17, 15) is 4.79 Å². The van der Waals surface area contributed by atoms with Crippen LogP contribution in [0.15, 0.2) is 23.0 Å². The second kappa shape index (κ2) is 6.31. The van der Waals surface area contributed by atoms with Gasteiger partial charge in [0, 0.05) is 38.0 Å². The summed E-state index contributed by atoms with van der Waals surface area (Å²) >= 11 is 0. The SMILES string of the molecule is Cc1cc(NC(=O)CN(C)CC2CCc3nccn3C2)no1. The first-order valence-electron chi connectivity index (χ1n) is 7.52. The Morgan fingerprint density at radius 2 is 2.45 bits per heavy atom. The van der Waals surface area contributed by atoms with Gasteiger partial charge in [-0.2, -0.15) is 0 Å². The molecule has 1 N–H and O–H groups in total. The van der Waals surface area contributed by atoms with E-state index < -0.39 is 0 Å². The third-order valence-corrected chi connectivity index (χ3v) is 3.91. The summed E-state index contributed by atoms with van der Waals surface area (Å²) in [5.74, 6) is 2.79. The van der Waals surface area contributed by atoms with E-state index in [2.05, 4.69) is 24.9 Å². The average molecular weight is 303 g/mol. The van der Waals surface area contributed by atoms with E-state index in [-0.39, 0.29) is 5.91 Å². The number of nitrogens with zero attached hydrogens (tertiary/aromatic N) is 4. The van der Waals surface area contributed by atoms with E-state index in [0.29, 0.717) is 24.0 Å². The number of carbonyl (C=O) groups is 1. The van der Waals surface area contributed by atoms with Crippen LogP contribution in [0.3, 0.4) is 0 Å². The summed E-state index contributed by atoms with van der Waals surface area (Å²) in [7, 11) is 1.97. The molecule has 1 unspecified atom stereocenters. The van der Waals surface area contributed by atoms with Crippen molar-refractivity contribution in [3.63, 3.8) is 0 Å². The van der Waals surface area contributed by atoms with Gasteiger partial charge in [-0.1, -0.05) is 5.16 Å². The zero-order valence-electron chi connectivity index (χ0n) is 13.0. The maximum absolute atomic E-state index is 12.0. The first-order valence-corrected chi connectivity index (χ1v) is 7.52. The van der Waals surface area contributed by atoms with Crippen molar-refractivity contribution < 1.29 is 9.32 Å². The summed E-state index contributed by atoms with van der Waals surface area (Å²) in [6, 6.07) is 1.71. The van der Waals surface area contributed by atoms with Crippen LogP contribution in [0.25, 0.3) is 0 Å². The number of amides is 1. The van der Waals surface area contributed by atoms with Crippen LogP contribution in [0.1, 0.15) is 18.0 Å². The fourth-order valence-corrected chi connectivity index (χ4v) is 2.94. The van der Waals surface area contributed by atoms with Crippen LogP contribution in [0, 0.1) is 12.8 Å². The fraction of sp³-hybridized carbons (Fsp3) is 0.533. The maximum atomic E-state index is 12.0. The highest BCUT2D eigenvalue weighted by atomic mass is 16.5.